The van der Waals surface area contributed by atoms with Crippen molar-refractivity contribution in [3.8, 4) is 22.3 Å². The molecule has 0 aliphatic carbocycles. The van der Waals surface area contributed by atoms with E-state index in [0.717, 1.165) is 22.3 Å². The van der Waals surface area contributed by atoms with Gasteiger partial charge in [-0.1, -0.05) is 50.2 Å². The number of nitrogens with zero attached hydrogens (tertiary/aromatic N) is 1. The Kier molecular flexibility index (Phi) is 12.9. The Labute approximate surface area is 338 Å². The molecule has 0 bridgehead atoms. The maximum absolute atomic E-state index is 13.9. The molecule has 2 fully saturated rings. The van der Waals surface area contributed by atoms with Crippen molar-refractivity contribution in [1.82, 2.24) is 10.2 Å². The molecule has 3 aromatic carbocycles. The number of methoxy groups -OCH3 is 1. The predicted molar refractivity (Wildman–Crippen MR) is 219 cm³/mol. The fraction of sp³-hybridized carbons (Fsp3) is 0.452. The third kappa shape index (κ3) is 10.9. The molecule has 0 saturated carbocycles. The Bertz CT molecular complexity index is 2020. The molecule has 6 N–H and O–H groups in total. The Morgan fingerprint density at radius 2 is 1.22 bits per heavy atom. The molecule has 5 rings (SSSR count). The van der Waals surface area contributed by atoms with E-state index in [9.17, 15) is 24.0 Å². The number of carbonyl (C=O) groups is 5. The average Bonchev–Trinajstić information content (AvgIpc) is 3.76. The number of hydrogen-bond acceptors (Lipinski definition) is 11. The van der Waals surface area contributed by atoms with Crippen molar-refractivity contribution < 1.29 is 47.7 Å². The summed E-state index contributed by atoms with van der Waals surface area (Å²) in [6.45, 7) is 14.7. The van der Waals surface area contributed by atoms with E-state index < -0.39 is 59.2 Å². The zero-order valence-corrected chi connectivity index (χ0v) is 34.4. The van der Waals surface area contributed by atoms with Crippen LogP contribution < -0.4 is 27.0 Å². The van der Waals surface area contributed by atoms with Crippen molar-refractivity contribution in [1.29, 1.82) is 0 Å². The lowest BCUT2D eigenvalue weighted by Gasteiger charge is -2.30. The van der Waals surface area contributed by atoms with Crippen molar-refractivity contribution >= 4 is 52.8 Å². The van der Waals surface area contributed by atoms with Crippen LogP contribution in [-0.4, -0.2) is 90.9 Å². The Balaban J connectivity index is 1.33. The highest BCUT2D eigenvalue weighted by Gasteiger charge is 2.53. The molecule has 1 spiro atoms. The normalized spacial score (nSPS) is 16.7. The van der Waals surface area contributed by atoms with E-state index in [0.29, 0.717) is 36.0 Å². The molecular weight excluding hydrogens is 748 g/mol. The molecule has 2 saturated heterocycles. The number of ether oxygens (including phenoxy) is 5. The topological polar surface area (TPSA) is 209 Å². The Morgan fingerprint density at radius 1 is 0.724 bits per heavy atom. The quantitative estimate of drug-likeness (QED) is 0.110. The van der Waals surface area contributed by atoms with Gasteiger partial charge < -0.3 is 45.0 Å². The summed E-state index contributed by atoms with van der Waals surface area (Å²) in [5.41, 5.74) is 9.49. The lowest BCUT2D eigenvalue weighted by Crippen LogP contribution is -2.54. The first-order valence-electron chi connectivity index (χ1n) is 19.0. The smallest absolute Gasteiger partial charge is 0.412 e. The molecule has 58 heavy (non-hydrogen) atoms. The first kappa shape index (κ1) is 43.3. The third-order valence-electron chi connectivity index (χ3n) is 9.23. The van der Waals surface area contributed by atoms with E-state index in [1.807, 2.05) is 36.4 Å². The first-order chi connectivity index (χ1) is 27.2. The number of hydrogen-bond donors (Lipinski definition) is 5. The number of anilines is 4. The van der Waals surface area contributed by atoms with Crippen LogP contribution in [0.1, 0.15) is 61.8 Å². The highest BCUT2D eigenvalue weighted by atomic mass is 16.7. The van der Waals surface area contributed by atoms with Gasteiger partial charge >= 0.3 is 18.3 Å². The van der Waals surface area contributed by atoms with Crippen molar-refractivity contribution in [3.63, 3.8) is 0 Å². The molecule has 0 unspecified atom stereocenters. The molecule has 16 heteroatoms. The van der Waals surface area contributed by atoms with Gasteiger partial charge in [0.05, 0.1) is 49.6 Å². The van der Waals surface area contributed by atoms with Gasteiger partial charge in [0.2, 0.25) is 11.8 Å². The fourth-order valence-corrected chi connectivity index (χ4v) is 6.58. The van der Waals surface area contributed by atoms with E-state index in [2.05, 4.69) is 21.3 Å². The summed E-state index contributed by atoms with van der Waals surface area (Å²) in [4.78, 5) is 66.5. The van der Waals surface area contributed by atoms with E-state index in [1.165, 1.54) is 12.0 Å². The lowest BCUT2D eigenvalue weighted by atomic mass is 9.99. The molecule has 0 aromatic heterocycles. The van der Waals surface area contributed by atoms with Crippen LogP contribution in [0.4, 0.5) is 37.1 Å². The monoisotopic (exact) mass is 802 g/mol. The summed E-state index contributed by atoms with van der Waals surface area (Å²) in [6.07, 6.45) is -2.03. The van der Waals surface area contributed by atoms with Crippen LogP contribution in [0.15, 0.2) is 60.7 Å². The summed E-state index contributed by atoms with van der Waals surface area (Å²) in [7, 11) is 1.21. The number of benzene rings is 3. The van der Waals surface area contributed by atoms with Gasteiger partial charge in [-0.3, -0.25) is 20.2 Å². The maximum atomic E-state index is 13.9. The molecule has 2 atom stereocenters. The molecule has 5 amide bonds. The van der Waals surface area contributed by atoms with Crippen molar-refractivity contribution in [2.75, 3.05) is 48.6 Å². The van der Waals surface area contributed by atoms with Gasteiger partial charge in [0.1, 0.15) is 23.3 Å². The molecule has 0 radical (unpaired) electrons. The molecular formula is C42H54N6O10. The van der Waals surface area contributed by atoms with Gasteiger partial charge in [-0.05, 0) is 94.0 Å². The van der Waals surface area contributed by atoms with Gasteiger partial charge in [0.15, 0.2) is 5.79 Å². The van der Waals surface area contributed by atoms with E-state index in [1.54, 1.807) is 79.7 Å². The number of amides is 5. The van der Waals surface area contributed by atoms with Crippen LogP contribution in [0.5, 0.6) is 0 Å². The second kappa shape index (κ2) is 17.3. The summed E-state index contributed by atoms with van der Waals surface area (Å²) >= 11 is 0. The minimum Gasteiger partial charge on any atom is -0.453 e. The van der Waals surface area contributed by atoms with Gasteiger partial charge in [0, 0.05) is 6.42 Å². The largest absolute Gasteiger partial charge is 0.453 e. The molecule has 2 aliphatic heterocycles. The number of likely N-dealkylation sites (tertiary alicyclic amines) is 1. The van der Waals surface area contributed by atoms with Gasteiger partial charge in [-0.15, -0.1) is 0 Å². The minimum absolute atomic E-state index is 0.00902. The number of rotatable bonds is 9. The standard InChI is InChI=1S/C42H54N6O10/c1-24(2)34(47-37(51)54-9)36(50)48-23-42(55-18-19-56-42)22-33(48)35(49)44-30-16-14-27(20-29(30)43)25-10-12-26(13-11-25)28-15-17-31(45-38(52)57-40(3,4)5)32(21-28)46-39(53)58-41(6,7)8/h10-17,20-21,24,33-34H,18-19,22-23,43H2,1-9H3,(H,44,49)(H,45,52)(H,46,53)(H,47,51)/t33-,34-/m0/s1. The van der Waals surface area contributed by atoms with Crippen LogP contribution in [0, 0.1) is 5.92 Å². The van der Waals surface area contributed by atoms with Gasteiger partial charge in [-0.25, -0.2) is 14.4 Å². The SMILES string of the molecule is COC(=O)N[C@H](C(=O)N1CC2(C[C@H]1C(=O)Nc1ccc(-c3ccc(-c4ccc(NC(=O)OC(C)(C)C)c(NC(=O)OC(C)(C)C)c4)cc3)cc1N)OCCO2)C(C)C. The van der Waals surface area contributed by atoms with Crippen LogP contribution in [-0.2, 0) is 33.3 Å². The van der Waals surface area contributed by atoms with E-state index in [-0.39, 0.29) is 18.9 Å². The van der Waals surface area contributed by atoms with Crippen LogP contribution in [0.2, 0.25) is 0 Å². The molecule has 2 heterocycles. The maximum Gasteiger partial charge on any atom is 0.412 e. The second-order valence-corrected chi connectivity index (χ2v) is 16.5. The fourth-order valence-electron chi connectivity index (χ4n) is 6.58. The molecule has 16 nitrogen and oxygen atoms in total. The summed E-state index contributed by atoms with van der Waals surface area (Å²) in [6, 6.07) is 16.2. The van der Waals surface area contributed by atoms with E-state index >= 15 is 0 Å². The lowest BCUT2D eigenvalue weighted by molar-refractivity contribution is -0.153. The number of nitrogens with two attached hydrogens (primary N) is 1. The second-order valence-electron chi connectivity index (χ2n) is 16.5. The zero-order chi connectivity index (χ0) is 42.6. The molecule has 2 aliphatic rings. The average molecular weight is 803 g/mol. The highest BCUT2D eigenvalue weighted by Crippen LogP contribution is 2.37. The predicted octanol–water partition coefficient (Wildman–Crippen LogP) is 6.96. The Morgan fingerprint density at radius 3 is 1.72 bits per heavy atom. The number of nitrogens with one attached hydrogen (secondary N) is 4. The summed E-state index contributed by atoms with van der Waals surface area (Å²) in [5.74, 6) is -2.39. The van der Waals surface area contributed by atoms with Crippen molar-refractivity contribution in [2.45, 2.75) is 90.9 Å². The number of nitrogen functional groups attached to an aromatic ring is 1. The van der Waals surface area contributed by atoms with Crippen LogP contribution >= 0.6 is 0 Å². The summed E-state index contributed by atoms with van der Waals surface area (Å²) in [5, 5.41) is 10.9. The zero-order valence-electron chi connectivity index (χ0n) is 34.4. The minimum atomic E-state index is -1.14. The van der Waals surface area contributed by atoms with Crippen molar-refractivity contribution in [3.05, 3.63) is 60.7 Å². The van der Waals surface area contributed by atoms with Gasteiger partial charge in [0.25, 0.3) is 0 Å². The number of alkyl carbamates (subject to hydrolysis) is 1. The number of carbonyl (C=O) groups excluding carboxylic acids is 5. The first-order valence-corrected chi connectivity index (χ1v) is 19.0. The molecule has 3 aromatic rings. The highest BCUT2D eigenvalue weighted by molar-refractivity contribution is 6.01. The van der Waals surface area contributed by atoms with Gasteiger partial charge in [-0.2, -0.15) is 0 Å². The van der Waals surface area contributed by atoms with Crippen LogP contribution in [0.3, 0.4) is 0 Å². The molecule has 312 valence electrons. The van der Waals surface area contributed by atoms with E-state index in [4.69, 9.17) is 29.4 Å². The Hall–Kier alpha value is -5.87. The summed E-state index contributed by atoms with van der Waals surface area (Å²) < 4.78 is 27.3. The van der Waals surface area contributed by atoms with Crippen LogP contribution in [0.25, 0.3) is 22.3 Å². The third-order valence-corrected chi connectivity index (χ3v) is 9.23. The van der Waals surface area contributed by atoms with Crippen molar-refractivity contribution in [2.24, 2.45) is 5.92 Å².